The van der Waals surface area contributed by atoms with Crippen LogP contribution >= 0.6 is 0 Å². The van der Waals surface area contributed by atoms with Crippen LogP contribution in [0.2, 0.25) is 0 Å². The topological polar surface area (TPSA) is 53.6 Å². The third-order valence-corrected chi connectivity index (χ3v) is 3.69. The highest BCUT2D eigenvalue weighted by atomic mass is 15.4. The molecule has 3 atom stereocenters. The van der Waals surface area contributed by atoms with Gasteiger partial charge in [0.05, 0.1) is 0 Å². The van der Waals surface area contributed by atoms with E-state index in [9.17, 15) is 0 Å². The van der Waals surface area contributed by atoms with E-state index >= 15 is 0 Å². The molecule has 3 N–H and O–H groups in total. The molecule has 4 nitrogen and oxygen atoms in total. The fourth-order valence-corrected chi connectivity index (χ4v) is 2.98. The third-order valence-electron chi connectivity index (χ3n) is 3.69. The molecular weight excluding hydrogens is 176 g/mol. The minimum absolute atomic E-state index is 0.0619. The number of nitrogens with zero attached hydrogens (tertiary/aromatic N) is 2. The van der Waals surface area contributed by atoms with Crippen molar-refractivity contribution in [2.75, 3.05) is 7.05 Å². The first kappa shape index (κ1) is 8.44. The van der Waals surface area contributed by atoms with Crippen molar-refractivity contribution in [1.29, 1.82) is 0 Å². The molecule has 2 aliphatic carbocycles. The lowest BCUT2D eigenvalue weighted by molar-refractivity contribution is 0.279. The number of hydrazine groups is 1. The van der Waals surface area contributed by atoms with Gasteiger partial charge in [0.2, 0.25) is 0 Å². The van der Waals surface area contributed by atoms with Gasteiger partial charge in [-0.05, 0) is 30.8 Å². The molecule has 3 rings (SSSR count). The highest BCUT2D eigenvalue weighted by Gasteiger charge is 2.43. The van der Waals surface area contributed by atoms with Gasteiger partial charge in [0.1, 0.15) is 0 Å². The van der Waals surface area contributed by atoms with Gasteiger partial charge >= 0.3 is 0 Å². The number of allylic oxidation sites excluding steroid dienone is 1. The van der Waals surface area contributed by atoms with Gasteiger partial charge in [0, 0.05) is 24.9 Å². The van der Waals surface area contributed by atoms with E-state index in [2.05, 4.69) is 21.5 Å². The normalized spacial score (nSPS) is 39.6. The smallest absolute Gasteiger partial charge is 0.188 e. The predicted molar refractivity (Wildman–Crippen MR) is 55.2 cm³/mol. The third kappa shape index (κ3) is 0.980. The van der Waals surface area contributed by atoms with E-state index in [4.69, 9.17) is 5.84 Å². The lowest BCUT2D eigenvalue weighted by Crippen LogP contribution is -2.46. The summed E-state index contributed by atoms with van der Waals surface area (Å²) in [6.45, 7) is 0. The summed E-state index contributed by atoms with van der Waals surface area (Å²) in [4.78, 5) is 6.72. The second-order valence-corrected chi connectivity index (χ2v) is 4.51. The number of rotatable bonds is 1. The number of fused-ring (bicyclic) bond motifs is 5. The molecule has 76 valence electrons. The minimum atomic E-state index is -0.0619. The van der Waals surface area contributed by atoms with Crippen LogP contribution in [0.25, 0.3) is 0 Å². The summed E-state index contributed by atoms with van der Waals surface area (Å²) in [6, 6.07) is 0. The molecule has 3 unspecified atom stereocenters. The first-order valence-electron chi connectivity index (χ1n) is 5.27. The van der Waals surface area contributed by atoms with E-state index in [0.717, 1.165) is 11.8 Å². The Labute approximate surface area is 83.8 Å². The van der Waals surface area contributed by atoms with Gasteiger partial charge in [-0.3, -0.25) is 5.84 Å². The van der Waals surface area contributed by atoms with Crippen molar-refractivity contribution in [3.05, 3.63) is 11.8 Å². The van der Waals surface area contributed by atoms with Crippen LogP contribution in [0.4, 0.5) is 0 Å². The number of nitrogens with one attached hydrogen (secondary N) is 1. The maximum Gasteiger partial charge on any atom is 0.188 e. The molecule has 0 amide bonds. The zero-order chi connectivity index (χ0) is 9.71. The monoisotopic (exact) mass is 192 g/mol. The van der Waals surface area contributed by atoms with E-state index in [0.29, 0.717) is 0 Å². The summed E-state index contributed by atoms with van der Waals surface area (Å²) in [7, 11) is 2.02. The van der Waals surface area contributed by atoms with Gasteiger partial charge in [-0.2, -0.15) is 0 Å². The Bertz CT molecular complexity index is 320. The Morgan fingerprint density at radius 2 is 2.29 bits per heavy atom. The van der Waals surface area contributed by atoms with Crippen LogP contribution < -0.4 is 11.3 Å². The van der Waals surface area contributed by atoms with Crippen molar-refractivity contribution in [3.63, 3.8) is 0 Å². The molecule has 2 bridgehead atoms. The Morgan fingerprint density at radius 3 is 3.07 bits per heavy atom. The van der Waals surface area contributed by atoms with Crippen molar-refractivity contribution >= 4 is 5.71 Å². The largest absolute Gasteiger partial charge is 0.346 e. The Morgan fingerprint density at radius 1 is 1.50 bits per heavy atom. The maximum absolute atomic E-state index is 5.45. The molecule has 0 spiro atoms. The zero-order valence-electron chi connectivity index (χ0n) is 8.40. The molecular formula is C10H16N4. The van der Waals surface area contributed by atoms with Crippen molar-refractivity contribution < 1.29 is 0 Å². The lowest BCUT2D eigenvalue weighted by atomic mass is 9.92. The highest BCUT2D eigenvalue weighted by molar-refractivity contribution is 6.05. The quantitative estimate of drug-likeness (QED) is 0.468. The fourth-order valence-electron chi connectivity index (χ4n) is 2.98. The molecule has 1 aliphatic heterocycles. The summed E-state index contributed by atoms with van der Waals surface area (Å²) < 4.78 is 0. The molecule has 0 radical (unpaired) electrons. The highest BCUT2D eigenvalue weighted by Crippen LogP contribution is 2.47. The minimum Gasteiger partial charge on any atom is -0.346 e. The number of nitrogens with two attached hydrogens (primary N) is 1. The second-order valence-electron chi connectivity index (χ2n) is 4.51. The van der Waals surface area contributed by atoms with Gasteiger partial charge in [-0.15, -0.1) is 0 Å². The van der Waals surface area contributed by atoms with Gasteiger partial charge in [0.15, 0.2) is 6.29 Å². The average molecular weight is 192 g/mol. The molecule has 0 aromatic heterocycles. The van der Waals surface area contributed by atoms with Gasteiger partial charge in [-0.1, -0.05) is 0 Å². The number of aliphatic imine (C=N–C) groups is 1. The Hall–Kier alpha value is -0.870. The van der Waals surface area contributed by atoms with Crippen LogP contribution in [0, 0.1) is 11.8 Å². The summed E-state index contributed by atoms with van der Waals surface area (Å²) >= 11 is 0. The molecule has 0 saturated heterocycles. The Kier molecular flexibility index (Phi) is 1.69. The van der Waals surface area contributed by atoms with Crippen LogP contribution in [-0.2, 0) is 0 Å². The molecule has 3 aliphatic rings. The molecule has 2 fully saturated rings. The van der Waals surface area contributed by atoms with Gasteiger partial charge < -0.3 is 4.90 Å². The number of hydrogen-bond acceptors (Lipinski definition) is 4. The predicted octanol–water partition coefficient (Wildman–Crippen LogP) is 0.433. The second kappa shape index (κ2) is 2.81. The molecule has 0 aromatic rings. The summed E-state index contributed by atoms with van der Waals surface area (Å²) in [5, 5.41) is 0. The maximum atomic E-state index is 5.45. The van der Waals surface area contributed by atoms with E-state index in [-0.39, 0.29) is 6.29 Å². The molecule has 1 heterocycles. The van der Waals surface area contributed by atoms with Crippen LogP contribution in [-0.4, -0.2) is 23.9 Å². The van der Waals surface area contributed by atoms with Crippen molar-refractivity contribution in [1.82, 2.24) is 10.3 Å². The SMILES string of the molecule is CN1C=C2C(=NC1NN)C1CCC2C1. The summed E-state index contributed by atoms with van der Waals surface area (Å²) in [5.74, 6) is 6.94. The first-order valence-corrected chi connectivity index (χ1v) is 5.27. The molecule has 14 heavy (non-hydrogen) atoms. The summed E-state index contributed by atoms with van der Waals surface area (Å²) in [6.07, 6.45) is 6.14. The lowest BCUT2D eigenvalue weighted by Gasteiger charge is -2.31. The molecule has 0 aromatic carbocycles. The van der Waals surface area contributed by atoms with E-state index < -0.39 is 0 Å². The van der Waals surface area contributed by atoms with Gasteiger partial charge in [0.25, 0.3) is 0 Å². The average Bonchev–Trinajstić information content (AvgIpc) is 2.77. The van der Waals surface area contributed by atoms with E-state index in [1.165, 1.54) is 30.5 Å². The van der Waals surface area contributed by atoms with Crippen molar-refractivity contribution in [2.45, 2.75) is 25.6 Å². The zero-order valence-corrected chi connectivity index (χ0v) is 8.40. The fraction of sp³-hybridized carbons (Fsp3) is 0.700. The first-order chi connectivity index (χ1) is 6.79. The van der Waals surface area contributed by atoms with E-state index in [1.54, 1.807) is 0 Å². The van der Waals surface area contributed by atoms with Gasteiger partial charge in [-0.25, -0.2) is 10.4 Å². The van der Waals surface area contributed by atoms with Crippen molar-refractivity contribution in [3.8, 4) is 0 Å². The molecule has 2 saturated carbocycles. The number of hydrogen-bond donors (Lipinski definition) is 2. The van der Waals surface area contributed by atoms with Crippen LogP contribution in [0.3, 0.4) is 0 Å². The van der Waals surface area contributed by atoms with Crippen molar-refractivity contribution in [2.24, 2.45) is 22.7 Å². The Balaban J connectivity index is 1.97. The van der Waals surface area contributed by atoms with Crippen LogP contribution in [0.5, 0.6) is 0 Å². The van der Waals surface area contributed by atoms with Crippen LogP contribution in [0.1, 0.15) is 19.3 Å². The van der Waals surface area contributed by atoms with Crippen LogP contribution in [0.15, 0.2) is 16.8 Å². The standard InChI is InChI=1S/C10H16N4/c1-14-5-8-6-2-3-7(4-6)9(8)12-10(14)13-11/h5-7,10,13H,2-4,11H2,1H3. The molecule has 4 heteroatoms. The van der Waals surface area contributed by atoms with E-state index in [1.807, 2.05) is 7.05 Å². The summed E-state index contributed by atoms with van der Waals surface area (Å²) in [5.41, 5.74) is 5.51.